The number of hydrogen-bond acceptors (Lipinski definition) is 4. The smallest absolute Gasteiger partial charge is 0.349 e. The Morgan fingerprint density at radius 2 is 2.23 bits per heavy atom. The van der Waals surface area contributed by atoms with E-state index in [1.807, 2.05) is 6.92 Å². The van der Waals surface area contributed by atoms with E-state index >= 15 is 0 Å². The zero-order chi connectivity index (χ0) is 16.2. The number of likely N-dealkylation sites (tertiary alicyclic amines) is 1. The van der Waals surface area contributed by atoms with Gasteiger partial charge in [-0.15, -0.1) is 0 Å². The lowest BCUT2D eigenvalue weighted by Gasteiger charge is -2.16. The molecule has 1 aliphatic heterocycles. The maximum atomic E-state index is 12.2. The topological polar surface area (TPSA) is 58.1 Å². The third kappa shape index (κ3) is 4.85. The molecule has 22 heavy (non-hydrogen) atoms. The minimum atomic E-state index is -4.20. The number of nitrogens with zero attached hydrogens (tertiary/aromatic N) is 3. The van der Waals surface area contributed by atoms with Crippen molar-refractivity contribution in [1.82, 2.24) is 14.9 Å². The summed E-state index contributed by atoms with van der Waals surface area (Å²) in [4.78, 5) is 21.6. The first-order valence-electron chi connectivity index (χ1n) is 7.30. The van der Waals surface area contributed by atoms with Crippen molar-refractivity contribution in [3.63, 3.8) is 0 Å². The zero-order valence-corrected chi connectivity index (χ0v) is 12.4. The summed E-state index contributed by atoms with van der Waals surface area (Å²) >= 11 is 0. The monoisotopic (exact) mass is 316 g/mol. The summed E-state index contributed by atoms with van der Waals surface area (Å²) in [6.45, 7) is 3.29. The second-order valence-corrected chi connectivity index (χ2v) is 5.37. The lowest BCUT2D eigenvalue weighted by Crippen LogP contribution is -2.29. The number of anilines is 1. The molecular formula is C14H19F3N4O. The molecule has 0 aliphatic carbocycles. The molecule has 2 rings (SSSR count). The van der Waals surface area contributed by atoms with Crippen molar-refractivity contribution >= 4 is 11.9 Å². The van der Waals surface area contributed by atoms with E-state index in [0.717, 1.165) is 6.42 Å². The molecule has 0 unspecified atom stereocenters. The molecule has 1 atom stereocenters. The highest BCUT2D eigenvalue weighted by molar-refractivity contribution is 5.79. The number of carbonyl (C=O) groups is 1. The van der Waals surface area contributed by atoms with Gasteiger partial charge in [-0.25, -0.2) is 9.97 Å². The van der Waals surface area contributed by atoms with Gasteiger partial charge in [0.25, 0.3) is 0 Å². The fourth-order valence-corrected chi connectivity index (χ4v) is 2.41. The molecule has 1 saturated heterocycles. The van der Waals surface area contributed by atoms with Crippen molar-refractivity contribution in [2.24, 2.45) is 0 Å². The Morgan fingerprint density at radius 1 is 1.45 bits per heavy atom. The van der Waals surface area contributed by atoms with Gasteiger partial charge in [0, 0.05) is 37.8 Å². The van der Waals surface area contributed by atoms with E-state index in [9.17, 15) is 18.0 Å². The maximum absolute atomic E-state index is 12.2. The molecule has 8 heteroatoms. The molecule has 1 N–H and O–H groups in total. The van der Waals surface area contributed by atoms with Gasteiger partial charge in [-0.05, 0) is 18.9 Å². The Kier molecular flexibility index (Phi) is 5.20. The first-order chi connectivity index (χ1) is 10.4. The van der Waals surface area contributed by atoms with Crippen molar-refractivity contribution in [1.29, 1.82) is 0 Å². The van der Waals surface area contributed by atoms with Crippen LogP contribution in [-0.4, -0.2) is 46.1 Å². The zero-order valence-electron chi connectivity index (χ0n) is 12.4. The average molecular weight is 316 g/mol. The number of aromatic nitrogens is 2. The molecule has 1 aromatic heterocycles. The van der Waals surface area contributed by atoms with Crippen molar-refractivity contribution in [3.05, 3.63) is 18.0 Å². The van der Waals surface area contributed by atoms with E-state index in [1.54, 1.807) is 4.90 Å². The third-order valence-corrected chi connectivity index (χ3v) is 3.42. The molecule has 0 radical (unpaired) electrons. The van der Waals surface area contributed by atoms with Crippen LogP contribution in [0.4, 0.5) is 19.1 Å². The predicted molar refractivity (Wildman–Crippen MR) is 75.3 cm³/mol. The summed E-state index contributed by atoms with van der Waals surface area (Å²) in [5.41, 5.74) is 0.338. The van der Waals surface area contributed by atoms with Crippen LogP contribution in [-0.2, 0) is 11.2 Å². The second kappa shape index (κ2) is 6.93. The Hall–Kier alpha value is -1.86. The number of amides is 1. The van der Waals surface area contributed by atoms with E-state index in [4.69, 9.17) is 0 Å². The van der Waals surface area contributed by atoms with Gasteiger partial charge in [-0.3, -0.25) is 4.79 Å². The van der Waals surface area contributed by atoms with Crippen molar-refractivity contribution in [3.8, 4) is 0 Å². The van der Waals surface area contributed by atoms with Crippen LogP contribution in [0.2, 0.25) is 0 Å². The quantitative estimate of drug-likeness (QED) is 0.875. The molecule has 1 amide bonds. The van der Waals surface area contributed by atoms with Gasteiger partial charge in [-0.1, -0.05) is 6.92 Å². The summed E-state index contributed by atoms with van der Waals surface area (Å²) in [7, 11) is 0. The molecule has 1 aliphatic rings. The maximum Gasteiger partial charge on any atom is 0.389 e. The highest BCUT2D eigenvalue weighted by atomic mass is 19.4. The standard InChI is InChI=1S/C14H19F3N4O/c1-2-7-21-9-11(8-12(21)22)20-13-18-6-4-10(19-13)3-5-14(15,16)17/h4,6,11H,2-3,5,7-9H2,1H3,(H,18,19,20)/t11-/m0/s1. The normalized spacial score (nSPS) is 18.8. The van der Waals surface area contributed by atoms with Crippen molar-refractivity contribution in [2.45, 2.75) is 44.8 Å². The molecule has 0 spiro atoms. The highest BCUT2D eigenvalue weighted by Crippen LogP contribution is 2.22. The fourth-order valence-electron chi connectivity index (χ4n) is 2.41. The van der Waals surface area contributed by atoms with Gasteiger partial charge in [0.2, 0.25) is 11.9 Å². The number of nitrogens with one attached hydrogen (secondary N) is 1. The molecule has 1 fully saturated rings. The molecule has 0 saturated carbocycles. The summed E-state index contributed by atoms with van der Waals surface area (Å²) in [6, 6.07) is 1.37. The van der Waals surface area contributed by atoms with Gasteiger partial charge < -0.3 is 10.2 Å². The molecule has 0 aromatic carbocycles. The molecule has 0 bridgehead atoms. The van der Waals surface area contributed by atoms with E-state index in [-0.39, 0.29) is 24.3 Å². The Morgan fingerprint density at radius 3 is 2.91 bits per heavy atom. The third-order valence-electron chi connectivity index (χ3n) is 3.42. The molecule has 122 valence electrons. The number of alkyl halides is 3. The van der Waals surface area contributed by atoms with Crippen LogP contribution in [0, 0.1) is 0 Å². The largest absolute Gasteiger partial charge is 0.389 e. The van der Waals surface area contributed by atoms with E-state index in [0.29, 0.717) is 25.2 Å². The van der Waals surface area contributed by atoms with Gasteiger partial charge in [0.15, 0.2) is 0 Å². The van der Waals surface area contributed by atoms with Crippen molar-refractivity contribution < 1.29 is 18.0 Å². The van der Waals surface area contributed by atoms with Gasteiger partial charge in [-0.2, -0.15) is 13.2 Å². The predicted octanol–water partition coefficient (Wildman–Crippen LogP) is 2.39. The van der Waals surface area contributed by atoms with Crippen LogP contribution in [0.3, 0.4) is 0 Å². The van der Waals surface area contributed by atoms with E-state index < -0.39 is 12.6 Å². The van der Waals surface area contributed by atoms with Gasteiger partial charge in [0.05, 0.1) is 6.04 Å². The summed E-state index contributed by atoms with van der Waals surface area (Å²) in [5.74, 6) is 0.350. The minimum absolute atomic E-state index is 0.0765. The number of rotatable bonds is 6. The SMILES string of the molecule is CCCN1C[C@@H](Nc2nccc(CCC(F)(F)F)n2)CC1=O. The van der Waals surface area contributed by atoms with E-state index in [2.05, 4.69) is 15.3 Å². The van der Waals surface area contributed by atoms with Crippen LogP contribution < -0.4 is 5.32 Å². The minimum Gasteiger partial charge on any atom is -0.349 e. The lowest BCUT2D eigenvalue weighted by molar-refractivity contribution is -0.134. The van der Waals surface area contributed by atoms with Crippen LogP contribution in [0.25, 0.3) is 0 Å². The number of halogens is 3. The van der Waals surface area contributed by atoms with Crippen LogP contribution in [0.1, 0.15) is 31.9 Å². The van der Waals surface area contributed by atoms with Crippen LogP contribution in [0.15, 0.2) is 12.3 Å². The molecule has 2 heterocycles. The lowest BCUT2D eigenvalue weighted by atomic mass is 10.2. The Bertz CT molecular complexity index is 521. The molecule has 5 nitrogen and oxygen atoms in total. The first kappa shape index (κ1) is 16.5. The number of aryl methyl sites for hydroxylation is 1. The summed E-state index contributed by atoms with van der Waals surface area (Å²) in [5, 5.41) is 3.03. The number of carbonyl (C=O) groups excluding carboxylic acids is 1. The molecular weight excluding hydrogens is 297 g/mol. The Balaban J connectivity index is 1.92. The number of hydrogen-bond donors (Lipinski definition) is 1. The molecule has 1 aromatic rings. The fraction of sp³-hybridized carbons (Fsp3) is 0.643. The second-order valence-electron chi connectivity index (χ2n) is 5.37. The highest BCUT2D eigenvalue weighted by Gasteiger charge is 2.29. The van der Waals surface area contributed by atoms with Crippen LogP contribution >= 0.6 is 0 Å². The summed E-state index contributed by atoms with van der Waals surface area (Å²) < 4.78 is 36.7. The van der Waals surface area contributed by atoms with Crippen LogP contribution in [0.5, 0.6) is 0 Å². The first-order valence-corrected chi connectivity index (χ1v) is 7.30. The van der Waals surface area contributed by atoms with Gasteiger partial charge in [0.1, 0.15) is 0 Å². The van der Waals surface area contributed by atoms with Gasteiger partial charge >= 0.3 is 6.18 Å². The van der Waals surface area contributed by atoms with Crippen molar-refractivity contribution in [2.75, 3.05) is 18.4 Å². The summed E-state index contributed by atoms with van der Waals surface area (Å²) in [6.07, 6.45) is -2.60. The van der Waals surface area contributed by atoms with E-state index in [1.165, 1.54) is 12.3 Å². The Labute approximate surface area is 126 Å². The average Bonchev–Trinajstić information content (AvgIpc) is 2.77.